The van der Waals surface area contributed by atoms with Gasteiger partial charge in [-0.15, -0.1) is 0 Å². The monoisotopic (exact) mass is 254 g/mol. The summed E-state index contributed by atoms with van der Waals surface area (Å²) in [6, 6.07) is 8.43. The molecular weight excluding hydrogens is 232 g/mol. The molecule has 1 atom stereocenters. The Morgan fingerprint density at radius 2 is 1.76 bits per heavy atom. The summed E-state index contributed by atoms with van der Waals surface area (Å²) in [5.74, 6) is 0. The highest BCUT2D eigenvalue weighted by molar-refractivity contribution is 6.30. The molecule has 0 aliphatic carbocycles. The van der Waals surface area contributed by atoms with E-state index in [0.29, 0.717) is 6.04 Å². The Morgan fingerprint density at radius 3 is 2.29 bits per heavy atom. The standard InChI is InChI=1S/C14H23ClN2/c1-4-17(5-2)11-10-16-12(3)13-6-8-14(15)9-7-13/h6-9,12,16H,4-5,10-11H2,1-3H3/t12-/m1/s1. The molecule has 1 N–H and O–H groups in total. The summed E-state index contributed by atoms with van der Waals surface area (Å²) in [5, 5.41) is 4.33. The van der Waals surface area contributed by atoms with Crippen LogP contribution in [0.5, 0.6) is 0 Å². The normalized spacial score (nSPS) is 13.0. The molecule has 0 fully saturated rings. The number of nitrogens with zero attached hydrogens (tertiary/aromatic N) is 1. The number of benzene rings is 1. The molecular formula is C14H23ClN2. The fraction of sp³-hybridized carbons (Fsp3) is 0.571. The first-order chi connectivity index (χ1) is 8.17. The molecule has 0 spiro atoms. The predicted octanol–water partition coefficient (Wildman–Crippen LogP) is 3.33. The number of nitrogens with one attached hydrogen (secondary N) is 1. The van der Waals surface area contributed by atoms with Crippen molar-refractivity contribution in [3.05, 3.63) is 34.9 Å². The van der Waals surface area contributed by atoms with Crippen LogP contribution in [-0.4, -0.2) is 31.1 Å². The molecule has 0 amide bonds. The zero-order valence-corrected chi connectivity index (χ0v) is 11.8. The second-order valence-corrected chi connectivity index (χ2v) is 4.69. The molecule has 1 rings (SSSR count). The molecule has 0 aromatic heterocycles. The zero-order valence-electron chi connectivity index (χ0n) is 11.0. The van der Waals surface area contributed by atoms with E-state index in [1.54, 1.807) is 0 Å². The lowest BCUT2D eigenvalue weighted by molar-refractivity contribution is 0.298. The molecule has 3 heteroatoms. The highest BCUT2D eigenvalue weighted by Crippen LogP contribution is 2.15. The van der Waals surface area contributed by atoms with Crippen LogP contribution in [0, 0.1) is 0 Å². The van der Waals surface area contributed by atoms with Gasteiger partial charge < -0.3 is 10.2 Å². The molecule has 1 aromatic rings. The maximum atomic E-state index is 5.87. The van der Waals surface area contributed by atoms with E-state index in [1.165, 1.54) is 5.56 Å². The van der Waals surface area contributed by atoms with Crippen molar-refractivity contribution in [1.29, 1.82) is 0 Å². The minimum atomic E-state index is 0.378. The van der Waals surface area contributed by atoms with Crippen LogP contribution in [-0.2, 0) is 0 Å². The van der Waals surface area contributed by atoms with Crippen LogP contribution in [0.4, 0.5) is 0 Å². The average Bonchev–Trinajstić information content (AvgIpc) is 2.35. The third kappa shape index (κ3) is 5.07. The molecule has 0 saturated carbocycles. The molecule has 1 aromatic carbocycles. The van der Waals surface area contributed by atoms with E-state index < -0.39 is 0 Å². The topological polar surface area (TPSA) is 15.3 Å². The Labute approximate surface area is 110 Å². The second-order valence-electron chi connectivity index (χ2n) is 4.25. The van der Waals surface area contributed by atoms with E-state index >= 15 is 0 Å². The summed E-state index contributed by atoms with van der Waals surface area (Å²) < 4.78 is 0. The molecule has 17 heavy (non-hydrogen) atoms. The lowest BCUT2D eigenvalue weighted by atomic mass is 10.1. The SMILES string of the molecule is CCN(CC)CCN[C@H](C)c1ccc(Cl)cc1. The van der Waals surface area contributed by atoms with E-state index in [2.05, 4.69) is 43.1 Å². The largest absolute Gasteiger partial charge is 0.309 e. The maximum Gasteiger partial charge on any atom is 0.0406 e. The molecule has 0 heterocycles. The van der Waals surface area contributed by atoms with Crippen molar-refractivity contribution in [3.63, 3.8) is 0 Å². The van der Waals surface area contributed by atoms with Crippen LogP contribution in [0.2, 0.25) is 5.02 Å². The number of rotatable bonds is 7. The van der Waals surface area contributed by atoms with Gasteiger partial charge in [-0.2, -0.15) is 0 Å². The minimum absolute atomic E-state index is 0.378. The minimum Gasteiger partial charge on any atom is -0.309 e. The first-order valence-electron chi connectivity index (χ1n) is 6.38. The molecule has 0 radical (unpaired) electrons. The molecule has 96 valence electrons. The summed E-state index contributed by atoms with van der Waals surface area (Å²) in [5.41, 5.74) is 1.29. The third-order valence-electron chi connectivity index (χ3n) is 3.14. The van der Waals surface area contributed by atoms with Crippen molar-refractivity contribution < 1.29 is 0 Å². The smallest absolute Gasteiger partial charge is 0.0406 e. The predicted molar refractivity (Wildman–Crippen MR) is 75.7 cm³/mol. The van der Waals surface area contributed by atoms with Crippen LogP contribution in [0.15, 0.2) is 24.3 Å². The molecule has 0 aliphatic heterocycles. The van der Waals surface area contributed by atoms with Crippen molar-refractivity contribution in [2.45, 2.75) is 26.8 Å². The molecule has 2 nitrogen and oxygen atoms in total. The molecule has 0 unspecified atom stereocenters. The zero-order chi connectivity index (χ0) is 12.7. The highest BCUT2D eigenvalue weighted by atomic mass is 35.5. The lowest BCUT2D eigenvalue weighted by Gasteiger charge is -2.20. The van der Waals surface area contributed by atoms with Gasteiger partial charge >= 0.3 is 0 Å². The van der Waals surface area contributed by atoms with Crippen LogP contribution in [0.25, 0.3) is 0 Å². The van der Waals surface area contributed by atoms with Crippen molar-refractivity contribution in [2.24, 2.45) is 0 Å². The van der Waals surface area contributed by atoms with Crippen molar-refractivity contribution in [3.8, 4) is 0 Å². The van der Waals surface area contributed by atoms with Gasteiger partial charge in [-0.1, -0.05) is 37.6 Å². The Hall–Kier alpha value is -0.570. The van der Waals surface area contributed by atoms with Crippen LogP contribution < -0.4 is 5.32 Å². The van der Waals surface area contributed by atoms with Crippen molar-refractivity contribution >= 4 is 11.6 Å². The number of hydrogen-bond acceptors (Lipinski definition) is 2. The molecule has 0 aliphatic rings. The van der Waals surface area contributed by atoms with Crippen LogP contribution >= 0.6 is 11.6 Å². The lowest BCUT2D eigenvalue weighted by Crippen LogP contribution is -2.32. The summed E-state index contributed by atoms with van der Waals surface area (Å²) in [6.45, 7) is 10.9. The van der Waals surface area contributed by atoms with E-state index in [4.69, 9.17) is 11.6 Å². The van der Waals surface area contributed by atoms with Gasteiger partial charge in [0.2, 0.25) is 0 Å². The Morgan fingerprint density at radius 1 is 1.18 bits per heavy atom. The number of likely N-dealkylation sites (N-methyl/N-ethyl adjacent to an activating group) is 1. The first-order valence-corrected chi connectivity index (χ1v) is 6.76. The number of halogens is 1. The van der Waals surface area contributed by atoms with E-state index in [-0.39, 0.29) is 0 Å². The molecule has 0 bridgehead atoms. The highest BCUT2D eigenvalue weighted by Gasteiger charge is 2.05. The summed E-state index contributed by atoms with van der Waals surface area (Å²) >= 11 is 5.87. The van der Waals surface area contributed by atoms with Gasteiger partial charge in [0.1, 0.15) is 0 Å². The molecule has 0 saturated heterocycles. The Kier molecular flexibility index (Phi) is 6.56. The summed E-state index contributed by atoms with van der Waals surface area (Å²) in [7, 11) is 0. The van der Waals surface area contributed by atoms with E-state index in [1.807, 2.05) is 12.1 Å². The Bertz CT molecular complexity index is 307. The van der Waals surface area contributed by atoms with Gasteiger partial charge in [0, 0.05) is 24.2 Å². The van der Waals surface area contributed by atoms with Crippen molar-refractivity contribution in [1.82, 2.24) is 10.2 Å². The van der Waals surface area contributed by atoms with Gasteiger partial charge in [0.25, 0.3) is 0 Å². The van der Waals surface area contributed by atoms with Crippen LogP contribution in [0.1, 0.15) is 32.4 Å². The fourth-order valence-corrected chi connectivity index (χ4v) is 1.97. The first kappa shape index (κ1) is 14.5. The van der Waals surface area contributed by atoms with Gasteiger partial charge in [-0.05, 0) is 37.7 Å². The third-order valence-corrected chi connectivity index (χ3v) is 3.39. The van der Waals surface area contributed by atoms with Crippen LogP contribution in [0.3, 0.4) is 0 Å². The average molecular weight is 255 g/mol. The van der Waals surface area contributed by atoms with Gasteiger partial charge in [0.05, 0.1) is 0 Å². The van der Waals surface area contributed by atoms with Gasteiger partial charge in [-0.25, -0.2) is 0 Å². The van der Waals surface area contributed by atoms with Gasteiger partial charge in [-0.3, -0.25) is 0 Å². The summed E-state index contributed by atoms with van der Waals surface area (Å²) in [4.78, 5) is 2.42. The summed E-state index contributed by atoms with van der Waals surface area (Å²) in [6.07, 6.45) is 0. The maximum absolute atomic E-state index is 5.87. The van der Waals surface area contributed by atoms with Crippen molar-refractivity contribution in [2.75, 3.05) is 26.2 Å². The fourth-order valence-electron chi connectivity index (χ4n) is 1.85. The van der Waals surface area contributed by atoms with E-state index in [0.717, 1.165) is 31.2 Å². The second kappa shape index (κ2) is 7.70. The quantitative estimate of drug-likeness (QED) is 0.803. The number of hydrogen-bond donors (Lipinski definition) is 1. The Balaban J connectivity index is 2.34. The van der Waals surface area contributed by atoms with E-state index in [9.17, 15) is 0 Å². The van der Waals surface area contributed by atoms with Gasteiger partial charge in [0.15, 0.2) is 0 Å².